The van der Waals surface area contributed by atoms with Crippen molar-refractivity contribution in [1.82, 2.24) is 4.98 Å². The number of nitrogens with one attached hydrogen (secondary N) is 1. The molecule has 0 aliphatic heterocycles. The van der Waals surface area contributed by atoms with Crippen LogP contribution in [0.3, 0.4) is 0 Å². The van der Waals surface area contributed by atoms with E-state index in [4.69, 9.17) is 0 Å². The summed E-state index contributed by atoms with van der Waals surface area (Å²) in [5, 5.41) is 13.6. The number of pyridine rings is 1. The van der Waals surface area contributed by atoms with E-state index < -0.39 is 16.1 Å². The van der Waals surface area contributed by atoms with Crippen molar-refractivity contribution in [2.75, 3.05) is 16.2 Å². The van der Waals surface area contributed by atoms with Crippen LogP contribution >= 0.6 is 0 Å². The molecule has 0 saturated heterocycles. The van der Waals surface area contributed by atoms with E-state index in [9.17, 15) is 13.5 Å². The van der Waals surface area contributed by atoms with Crippen LogP contribution in [-0.4, -0.2) is 31.2 Å². The van der Waals surface area contributed by atoms with Gasteiger partial charge in [0.05, 0.1) is 17.8 Å². The number of aliphatic hydroxyl groups excluding tert-OH is 1. The number of nitrogens with zero attached hydrogens (tertiary/aromatic N) is 2. The number of aromatic nitrogens is 1. The first-order valence-corrected chi connectivity index (χ1v) is 11.0. The molecule has 1 aliphatic carbocycles. The predicted octanol–water partition coefficient (Wildman–Crippen LogP) is 3.37. The van der Waals surface area contributed by atoms with Crippen LogP contribution in [0, 0.1) is 0 Å². The van der Waals surface area contributed by atoms with Gasteiger partial charge in [-0.25, -0.2) is 13.4 Å². The number of sulfonamides is 1. The lowest BCUT2D eigenvalue weighted by atomic mass is 10.1. The molecular weight excluding hydrogens is 386 g/mol. The normalized spacial score (nSPS) is 18.3. The van der Waals surface area contributed by atoms with Crippen LogP contribution < -0.4 is 9.62 Å². The monoisotopic (exact) mass is 409 g/mol. The number of benzene rings is 2. The number of aliphatic hydroxyl groups is 1. The fourth-order valence-corrected chi connectivity index (χ4v) is 5.16. The summed E-state index contributed by atoms with van der Waals surface area (Å²) < 4.78 is 27.5. The van der Waals surface area contributed by atoms with Gasteiger partial charge in [0.2, 0.25) is 0 Å². The molecule has 0 radical (unpaired) electrons. The average molecular weight is 410 g/mol. The molecule has 3 aromatic rings. The third-order valence-corrected chi connectivity index (χ3v) is 7.05. The molecule has 0 spiro atoms. The highest BCUT2D eigenvalue weighted by molar-refractivity contribution is 7.92. The van der Waals surface area contributed by atoms with E-state index in [2.05, 4.69) is 10.3 Å². The SMILES string of the molecule is CCN(c1ccccc1)S(=O)(=O)c1ccc(N[C@H]2c3ccccc3C[C@H]2O)nc1. The van der Waals surface area contributed by atoms with Crippen molar-refractivity contribution in [2.24, 2.45) is 0 Å². The number of hydrogen-bond acceptors (Lipinski definition) is 5. The van der Waals surface area contributed by atoms with Gasteiger partial charge in [-0.1, -0.05) is 42.5 Å². The van der Waals surface area contributed by atoms with Crippen molar-refractivity contribution in [3.05, 3.63) is 84.1 Å². The molecule has 2 atom stereocenters. The first-order chi connectivity index (χ1) is 14.0. The third-order valence-electron chi connectivity index (χ3n) is 5.16. The van der Waals surface area contributed by atoms with Gasteiger partial charge in [-0.15, -0.1) is 0 Å². The highest BCUT2D eigenvalue weighted by Gasteiger charge is 2.31. The second-order valence-corrected chi connectivity index (χ2v) is 8.84. The van der Waals surface area contributed by atoms with E-state index in [1.165, 1.54) is 10.5 Å². The van der Waals surface area contributed by atoms with E-state index in [0.29, 0.717) is 24.5 Å². The number of fused-ring (bicyclic) bond motifs is 1. The molecule has 1 aromatic heterocycles. The van der Waals surface area contributed by atoms with Gasteiger partial charge < -0.3 is 10.4 Å². The fraction of sp³-hybridized carbons (Fsp3) is 0.227. The molecule has 0 bridgehead atoms. The van der Waals surface area contributed by atoms with Crippen molar-refractivity contribution in [1.29, 1.82) is 0 Å². The van der Waals surface area contributed by atoms with Crippen LogP contribution in [-0.2, 0) is 16.4 Å². The smallest absolute Gasteiger partial charge is 0.265 e. The molecule has 29 heavy (non-hydrogen) atoms. The van der Waals surface area contributed by atoms with Crippen molar-refractivity contribution >= 4 is 21.5 Å². The minimum absolute atomic E-state index is 0.126. The van der Waals surface area contributed by atoms with Gasteiger partial charge in [0, 0.05) is 19.2 Å². The van der Waals surface area contributed by atoms with Gasteiger partial charge >= 0.3 is 0 Å². The van der Waals surface area contributed by atoms with Crippen molar-refractivity contribution in [2.45, 2.75) is 30.4 Å². The molecule has 0 saturated carbocycles. The lowest BCUT2D eigenvalue weighted by Gasteiger charge is -2.23. The highest BCUT2D eigenvalue weighted by atomic mass is 32.2. The predicted molar refractivity (Wildman–Crippen MR) is 113 cm³/mol. The summed E-state index contributed by atoms with van der Waals surface area (Å²) in [6.07, 6.45) is 1.39. The summed E-state index contributed by atoms with van der Waals surface area (Å²) in [5.74, 6) is 0.521. The van der Waals surface area contributed by atoms with Crippen LogP contribution in [0.25, 0.3) is 0 Å². The van der Waals surface area contributed by atoms with Crippen molar-refractivity contribution < 1.29 is 13.5 Å². The van der Waals surface area contributed by atoms with Crippen molar-refractivity contribution in [3.8, 4) is 0 Å². The van der Waals surface area contributed by atoms with Gasteiger partial charge in [0.1, 0.15) is 10.7 Å². The standard InChI is InChI=1S/C22H23N3O3S/c1-2-25(17-9-4-3-5-10-17)29(27,28)18-12-13-21(23-15-18)24-22-19-11-7-6-8-16(19)14-20(22)26/h3-13,15,20,22,26H,2,14H2,1H3,(H,23,24)/t20-,22+/m1/s1. The zero-order chi connectivity index (χ0) is 20.4. The van der Waals surface area contributed by atoms with Gasteiger partial charge in [0.25, 0.3) is 10.0 Å². The van der Waals surface area contributed by atoms with Crippen molar-refractivity contribution in [3.63, 3.8) is 0 Å². The third kappa shape index (κ3) is 3.71. The summed E-state index contributed by atoms with van der Waals surface area (Å²) in [4.78, 5) is 4.42. The lowest BCUT2D eigenvalue weighted by molar-refractivity contribution is 0.165. The summed E-state index contributed by atoms with van der Waals surface area (Å²) in [5.41, 5.74) is 2.76. The second-order valence-electron chi connectivity index (χ2n) is 6.98. The first kappa shape index (κ1) is 19.4. The Hall–Kier alpha value is -2.90. The van der Waals surface area contributed by atoms with Crippen LogP contribution in [0.15, 0.2) is 77.8 Å². The van der Waals surface area contributed by atoms with Gasteiger partial charge in [-0.2, -0.15) is 0 Å². The molecule has 0 fully saturated rings. The minimum Gasteiger partial charge on any atom is -0.390 e. The second kappa shape index (κ2) is 7.85. The Labute approximate surface area is 170 Å². The summed E-state index contributed by atoms with van der Waals surface area (Å²) in [6, 6.07) is 19.8. The van der Waals surface area contributed by atoms with Gasteiger partial charge in [-0.05, 0) is 42.3 Å². The quantitative estimate of drug-likeness (QED) is 0.652. The molecule has 6 nitrogen and oxygen atoms in total. The first-order valence-electron chi connectivity index (χ1n) is 9.57. The molecule has 1 aliphatic rings. The Morgan fingerprint density at radius 3 is 2.48 bits per heavy atom. The maximum atomic E-state index is 13.1. The molecule has 2 aromatic carbocycles. The zero-order valence-corrected chi connectivity index (χ0v) is 16.9. The molecule has 1 heterocycles. The van der Waals surface area contributed by atoms with Crippen LogP contribution in [0.5, 0.6) is 0 Å². The van der Waals surface area contributed by atoms with E-state index >= 15 is 0 Å². The summed E-state index contributed by atoms with van der Waals surface area (Å²) in [7, 11) is -3.71. The summed E-state index contributed by atoms with van der Waals surface area (Å²) >= 11 is 0. The number of anilines is 2. The highest BCUT2D eigenvalue weighted by Crippen LogP contribution is 2.34. The molecule has 4 rings (SSSR count). The molecule has 7 heteroatoms. The molecule has 2 N–H and O–H groups in total. The molecule has 0 amide bonds. The number of hydrogen-bond donors (Lipinski definition) is 2. The number of para-hydroxylation sites is 1. The topological polar surface area (TPSA) is 82.5 Å². The van der Waals surface area contributed by atoms with E-state index in [-0.39, 0.29) is 10.9 Å². The maximum Gasteiger partial charge on any atom is 0.265 e. The zero-order valence-electron chi connectivity index (χ0n) is 16.1. The molecule has 150 valence electrons. The Kier molecular flexibility index (Phi) is 5.25. The van der Waals surface area contributed by atoms with E-state index in [1.54, 1.807) is 31.2 Å². The maximum absolute atomic E-state index is 13.1. The van der Waals surface area contributed by atoms with Crippen LogP contribution in [0.4, 0.5) is 11.5 Å². The van der Waals surface area contributed by atoms with E-state index in [0.717, 1.165) is 11.1 Å². The lowest BCUT2D eigenvalue weighted by Crippen LogP contribution is -2.30. The molecule has 0 unspecified atom stereocenters. The van der Waals surface area contributed by atoms with Gasteiger partial charge in [-0.3, -0.25) is 4.31 Å². The largest absolute Gasteiger partial charge is 0.390 e. The average Bonchev–Trinajstić information content (AvgIpc) is 3.05. The van der Waals surface area contributed by atoms with Gasteiger partial charge in [0.15, 0.2) is 0 Å². The number of rotatable bonds is 6. The Bertz CT molecular complexity index is 1090. The fourth-order valence-electron chi connectivity index (χ4n) is 3.74. The van der Waals surface area contributed by atoms with Crippen LogP contribution in [0.2, 0.25) is 0 Å². The summed E-state index contributed by atoms with van der Waals surface area (Å²) in [6.45, 7) is 2.12. The van der Waals surface area contributed by atoms with E-state index in [1.807, 2.05) is 42.5 Å². The Morgan fingerprint density at radius 2 is 1.79 bits per heavy atom. The van der Waals surface area contributed by atoms with Crippen LogP contribution in [0.1, 0.15) is 24.1 Å². The Balaban J connectivity index is 1.56. The Morgan fingerprint density at radius 1 is 1.07 bits per heavy atom. The molecular formula is C22H23N3O3S. The minimum atomic E-state index is -3.71.